The van der Waals surface area contributed by atoms with Crippen molar-refractivity contribution < 1.29 is 4.79 Å². The summed E-state index contributed by atoms with van der Waals surface area (Å²) < 4.78 is 0. The van der Waals surface area contributed by atoms with Crippen LogP contribution in [0.5, 0.6) is 0 Å². The molecule has 1 unspecified atom stereocenters. The number of Topliss-reactive ketones (excluding diaryl/α,β-unsaturated/α-hetero) is 1. The van der Waals surface area contributed by atoms with Crippen molar-refractivity contribution in [1.82, 2.24) is 5.32 Å². The van der Waals surface area contributed by atoms with Crippen LogP contribution in [0, 0.1) is 6.92 Å². The first-order chi connectivity index (χ1) is 7.88. The van der Waals surface area contributed by atoms with Crippen LogP contribution in [-0.2, 0) is 10.2 Å². The summed E-state index contributed by atoms with van der Waals surface area (Å²) in [5.74, 6) is 0.203. The molecule has 0 radical (unpaired) electrons. The molecule has 0 saturated carbocycles. The maximum Gasteiger partial charge on any atom is 0.146 e. The minimum absolute atomic E-state index is 0.00465. The predicted octanol–water partition coefficient (Wildman–Crippen LogP) is 2.84. The SMILES string of the molecule is CNC(CC(C)(C)c1ccccc1C)C(C)=O. The van der Waals surface area contributed by atoms with E-state index in [0.29, 0.717) is 0 Å². The minimum atomic E-state index is -0.0652. The Morgan fingerprint density at radius 1 is 1.35 bits per heavy atom. The second-order valence-corrected chi connectivity index (χ2v) is 5.35. The quantitative estimate of drug-likeness (QED) is 0.847. The highest BCUT2D eigenvalue weighted by molar-refractivity contribution is 5.81. The van der Waals surface area contributed by atoms with Gasteiger partial charge in [0.05, 0.1) is 6.04 Å². The number of ketones is 1. The summed E-state index contributed by atoms with van der Waals surface area (Å²) in [5.41, 5.74) is 2.61. The van der Waals surface area contributed by atoms with Gasteiger partial charge in [0.25, 0.3) is 0 Å². The molecule has 1 N–H and O–H groups in total. The average molecular weight is 233 g/mol. The normalized spacial score (nSPS) is 13.5. The third-order valence-corrected chi connectivity index (χ3v) is 3.43. The van der Waals surface area contributed by atoms with Crippen LogP contribution in [0.3, 0.4) is 0 Å². The van der Waals surface area contributed by atoms with Crippen molar-refractivity contribution in [3.05, 3.63) is 35.4 Å². The van der Waals surface area contributed by atoms with Gasteiger partial charge in [-0.25, -0.2) is 0 Å². The molecular formula is C15H23NO. The number of hydrogen-bond acceptors (Lipinski definition) is 2. The largest absolute Gasteiger partial charge is 0.311 e. The first-order valence-electron chi connectivity index (χ1n) is 6.12. The number of rotatable bonds is 5. The summed E-state index contributed by atoms with van der Waals surface area (Å²) in [6, 6.07) is 8.33. The van der Waals surface area contributed by atoms with Crippen LogP contribution in [0.4, 0.5) is 0 Å². The summed E-state index contributed by atoms with van der Waals surface area (Å²) in [6.07, 6.45) is 0.823. The molecule has 0 spiro atoms. The van der Waals surface area contributed by atoms with E-state index in [-0.39, 0.29) is 17.2 Å². The van der Waals surface area contributed by atoms with Crippen molar-refractivity contribution in [2.24, 2.45) is 0 Å². The van der Waals surface area contributed by atoms with Crippen LogP contribution in [0.15, 0.2) is 24.3 Å². The fraction of sp³-hybridized carbons (Fsp3) is 0.533. The molecule has 1 aromatic rings. The Labute approximate surface area is 104 Å². The van der Waals surface area contributed by atoms with E-state index in [9.17, 15) is 4.79 Å². The van der Waals surface area contributed by atoms with E-state index in [1.165, 1.54) is 11.1 Å². The lowest BCUT2D eigenvalue weighted by Crippen LogP contribution is -2.38. The molecule has 2 nitrogen and oxygen atoms in total. The molecule has 0 heterocycles. The van der Waals surface area contributed by atoms with Crippen molar-refractivity contribution >= 4 is 5.78 Å². The van der Waals surface area contributed by atoms with Gasteiger partial charge in [0, 0.05) is 0 Å². The summed E-state index contributed by atoms with van der Waals surface area (Å²) in [6.45, 7) is 8.17. The Bertz CT molecular complexity index is 396. The third-order valence-electron chi connectivity index (χ3n) is 3.43. The van der Waals surface area contributed by atoms with Crippen LogP contribution in [0.1, 0.15) is 38.3 Å². The van der Waals surface area contributed by atoms with E-state index in [0.717, 1.165) is 6.42 Å². The molecular weight excluding hydrogens is 210 g/mol. The molecule has 2 heteroatoms. The molecule has 0 aliphatic rings. The van der Waals surface area contributed by atoms with Gasteiger partial charge in [0.15, 0.2) is 0 Å². The third kappa shape index (κ3) is 3.40. The van der Waals surface area contributed by atoms with Gasteiger partial charge in [-0.3, -0.25) is 4.79 Å². The predicted molar refractivity (Wildman–Crippen MR) is 72.4 cm³/mol. The number of hydrogen-bond donors (Lipinski definition) is 1. The molecule has 0 aliphatic heterocycles. The summed E-state index contributed by atoms with van der Waals surface area (Å²) in [7, 11) is 1.85. The van der Waals surface area contributed by atoms with Gasteiger partial charge in [-0.2, -0.15) is 0 Å². The van der Waals surface area contributed by atoms with Crippen molar-refractivity contribution in [2.75, 3.05) is 7.05 Å². The van der Waals surface area contributed by atoms with Gasteiger partial charge in [0.2, 0.25) is 0 Å². The van der Waals surface area contributed by atoms with Gasteiger partial charge in [-0.1, -0.05) is 38.1 Å². The zero-order valence-electron chi connectivity index (χ0n) is 11.5. The Kier molecular flexibility index (Phi) is 4.47. The highest BCUT2D eigenvalue weighted by Crippen LogP contribution is 2.30. The number of aryl methyl sites for hydroxylation is 1. The highest BCUT2D eigenvalue weighted by Gasteiger charge is 2.27. The molecule has 0 amide bonds. The van der Waals surface area contributed by atoms with E-state index >= 15 is 0 Å². The molecule has 0 aromatic heterocycles. The van der Waals surface area contributed by atoms with Gasteiger partial charge >= 0.3 is 0 Å². The van der Waals surface area contributed by atoms with E-state index in [1.807, 2.05) is 7.05 Å². The lowest BCUT2D eigenvalue weighted by atomic mass is 9.76. The zero-order valence-corrected chi connectivity index (χ0v) is 11.5. The maximum atomic E-state index is 11.5. The van der Waals surface area contributed by atoms with Crippen LogP contribution in [-0.4, -0.2) is 18.9 Å². The van der Waals surface area contributed by atoms with Crippen molar-refractivity contribution in [2.45, 2.75) is 45.6 Å². The van der Waals surface area contributed by atoms with E-state index in [1.54, 1.807) is 6.92 Å². The van der Waals surface area contributed by atoms with Crippen LogP contribution >= 0.6 is 0 Å². The molecule has 17 heavy (non-hydrogen) atoms. The fourth-order valence-electron chi connectivity index (χ4n) is 2.40. The molecule has 0 fully saturated rings. The second-order valence-electron chi connectivity index (χ2n) is 5.35. The minimum Gasteiger partial charge on any atom is -0.311 e. The highest BCUT2D eigenvalue weighted by atomic mass is 16.1. The molecule has 94 valence electrons. The molecule has 0 aliphatic carbocycles. The number of carbonyl (C=O) groups is 1. The Hall–Kier alpha value is -1.15. The monoisotopic (exact) mass is 233 g/mol. The van der Waals surface area contributed by atoms with Gasteiger partial charge in [0.1, 0.15) is 5.78 Å². The number of likely N-dealkylation sites (N-methyl/N-ethyl adjacent to an activating group) is 1. The first kappa shape index (κ1) is 13.9. The van der Waals surface area contributed by atoms with Crippen LogP contribution in [0.25, 0.3) is 0 Å². The summed E-state index contributed by atoms with van der Waals surface area (Å²) in [5, 5.41) is 3.10. The number of benzene rings is 1. The Morgan fingerprint density at radius 3 is 2.41 bits per heavy atom. The van der Waals surface area contributed by atoms with Gasteiger partial charge in [-0.15, -0.1) is 0 Å². The molecule has 1 rings (SSSR count). The number of carbonyl (C=O) groups excluding carboxylic acids is 1. The fourth-order valence-corrected chi connectivity index (χ4v) is 2.40. The molecule has 1 aromatic carbocycles. The van der Waals surface area contributed by atoms with Crippen molar-refractivity contribution in [3.8, 4) is 0 Å². The standard InChI is InChI=1S/C15H23NO/c1-11-8-6-7-9-13(11)15(3,4)10-14(16-5)12(2)17/h6-9,14,16H,10H2,1-5H3. The lowest BCUT2D eigenvalue weighted by Gasteiger charge is -2.30. The zero-order chi connectivity index (χ0) is 13.1. The smallest absolute Gasteiger partial charge is 0.146 e. The number of nitrogens with one attached hydrogen (secondary N) is 1. The van der Waals surface area contributed by atoms with E-state index in [2.05, 4.69) is 50.4 Å². The molecule has 0 bridgehead atoms. The molecule has 1 atom stereocenters. The van der Waals surface area contributed by atoms with Gasteiger partial charge in [-0.05, 0) is 43.9 Å². The topological polar surface area (TPSA) is 29.1 Å². The average Bonchev–Trinajstić information content (AvgIpc) is 2.26. The molecule has 0 saturated heterocycles. The van der Waals surface area contributed by atoms with E-state index < -0.39 is 0 Å². The summed E-state index contributed by atoms with van der Waals surface area (Å²) in [4.78, 5) is 11.5. The van der Waals surface area contributed by atoms with Gasteiger partial charge < -0.3 is 5.32 Å². The maximum absolute atomic E-state index is 11.5. The Morgan fingerprint density at radius 2 is 1.94 bits per heavy atom. The second kappa shape index (κ2) is 5.46. The van der Waals surface area contributed by atoms with Crippen LogP contribution in [0.2, 0.25) is 0 Å². The van der Waals surface area contributed by atoms with Crippen molar-refractivity contribution in [3.63, 3.8) is 0 Å². The van der Waals surface area contributed by atoms with Crippen LogP contribution < -0.4 is 5.32 Å². The van der Waals surface area contributed by atoms with Crippen molar-refractivity contribution in [1.29, 1.82) is 0 Å². The summed E-state index contributed by atoms with van der Waals surface area (Å²) >= 11 is 0. The Balaban J connectivity index is 2.95. The van der Waals surface area contributed by atoms with E-state index in [4.69, 9.17) is 0 Å². The lowest BCUT2D eigenvalue weighted by molar-refractivity contribution is -0.119. The first-order valence-corrected chi connectivity index (χ1v) is 6.12.